The van der Waals surface area contributed by atoms with Crippen LogP contribution in [-0.4, -0.2) is 11.5 Å². The zero-order chi connectivity index (χ0) is 13.1. The Balaban J connectivity index is 2.32. The van der Waals surface area contributed by atoms with Crippen LogP contribution in [0.15, 0.2) is 28.1 Å². The molecule has 0 fully saturated rings. The van der Waals surface area contributed by atoms with Gasteiger partial charge in [0.2, 0.25) is 0 Å². The van der Waals surface area contributed by atoms with E-state index < -0.39 is 0 Å². The van der Waals surface area contributed by atoms with E-state index in [0.717, 1.165) is 21.6 Å². The van der Waals surface area contributed by atoms with Gasteiger partial charge in [0, 0.05) is 21.3 Å². The van der Waals surface area contributed by atoms with Crippen molar-refractivity contribution in [1.82, 2.24) is 4.98 Å². The van der Waals surface area contributed by atoms with Crippen LogP contribution in [0.1, 0.15) is 30.5 Å². The zero-order valence-electron chi connectivity index (χ0n) is 10.6. The monoisotopic (exact) mass is 324 g/mol. The number of benzene rings is 1. The lowest BCUT2D eigenvalue weighted by Crippen LogP contribution is -2.04. The van der Waals surface area contributed by atoms with E-state index in [4.69, 9.17) is 10.7 Å². The lowest BCUT2D eigenvalue weighted by Gasteiger charge is -2.06. The van der Waals surface area contributed by atoms with Crippen LogP contribution in [0.5, 0.6) is 0 Å². The average Bonchev–Trinajstić information content (AvgIpc) is 2.82. The summed E-state index contributed by atoms with van der Waals surface area (Å²) in [6.45, 7) is 5.01. The Labute approximate surface area is 120 Å². The molecule has 18 heavy (non-hydrogen) atoms. The molecule has 2 aromatic rings. The maximum atomic E-state index is 5.60. The van der Waals surface area contributed by atoms with Crippen molar-refractivity contribution in [2.45, 2.75) is 26.2 Å². The van der Waals surface area contributed by atoms with E-state index in [1.165, 1.54) is 11.1 Å². The number of aryl methyl sites for hydroxylation is 1. The Kier molecular flexibility index (Phi) is 4.54. The number of rotatable bonds is 4. The lowest BCUT2D eigenvalue weighted by atomic mass is 10.1. The Bertz CT molecular complexity index is 536. The van der Waals surface area contributed by atoms with Crippen molar-refractivity contribution in [1.29, 1.82) is 0 Å². The minimum atomic E-state index is 0.437. The third-order valence-electron chi connectivity index (χ3n) is 3.06. The van der Waals surface area contributed by atoms with Gasteiger partial charge in [-0.15, -0.1) is 11.3 Å². The van der Waals surface area contributed by atoms with Gasteiger partial charge in [-0.1, -0.05) is 28.9 Å². The number of thiazole rings is 1. The Morgan fingerprint density at radius 1 is 1.44 bits per heavy atom. The van der Waals surface area contributed by atoms with Crippen LogP contribution >= 0.6 is 27.3 Å². The summed E-state index contributed by atoms with van der Waals surface area (Å²) in [7, 11) is 0. The van der Waals surface area contributed by atoms with Crippen molar-refractivity contribution in [3.05, 3.63) is 39.3 Å². The van der Waals surface area contributed by atoms with Crippen molar-refractivity contribution in [3.63, 3.8) is 0 Å². The van der Waals surface area contributed by atoms with E-state index in [9.17, 15) is 0 Å². The van der Waals surface area contributed by atoms with Crippen molar-refractivity contribution in [2.75, 3.05) is 6.54 Å². The molecule has 1 unspecified atom stereocenters. The van der Waals surface area contributed by atoms with Crippen molar-refractivity contribution >= 4 is 27.3 Å². The number of nitrogens with two attached hydrogens (primary N) is 1. The Morgan fingerprint density at radius 3 is 2.94 bits per heavy atom. The van der Waals surface area contributed by atoms with Gasteiger partial charge in [0.1, 0.15) is 5.01 Å². The highest BCUT2D eigenvalue weighted by atomic mass is 79.9. The van der Waals surface area contributed by atoms with E-state index >= 15 is 0 Å². The second kappa shape index (κ2) is 5.95. The quantitative estimate of drug-likeness (QED) is 0.908. The molecule has 0 aliphatic carbocycles. The first-order chi connectivity index (χ1) is 8.61. The lowest BCUT2D eigenvalue weighted by molar-refractivity contribution is 0.675. The third-order valence-corrected chi connectivity index (χ3v) is 4.44. The smallest absolute Gasteiger partial charge is 0.123 e. The molecular weight excluding hydrogens is 308 g/mol. The molecule has 1 atom stereocenters. The highest BCUT2D eigenvalue weighted by molar-refractivity contribution is 9.10. The van der Waals surface area contributed by atoms with Crippen molar-refractivity contribution in [2.24, 2.45) is 5.73 Å². The van der Waals surface area contributed by atoms with Crippen LogP contribution in [0.25, 0.3) is 10.6 Å². The number of hydrogen-bond donors (Lipinski definition) is 1. The predicted octanol–water partition coefficient (Wildman–Crippen LogP) is 4.33. The first-order valence-corrected chi connectivity index (χ1v) is 7.71. The fourth-order valence-corrected chi connectivity index (χ4v) is 3.24. The number of aromatic nitrogens is 1. The van der Waals surface area contributed by atoms with Crippen LogP contribution in [0.3, 0.4) is 0 Å². The molecule has 0 aliphatic rings. The fourth-order valence-electron chi connectivity index (χ4n) is 1.86. The van der Waals surface area contributed by atoms with Crippen molar-refractivity contribution < 1.29 is 0 Å². The van der Waals surface area contributed by atoms with Gasteiger partial charge in [-0.25, -0.2) is 4.98 Å². The van der Waals surface area contributed by atoms with Crippen LogP contribution in [0.4, 0.5) is 0 Å². The summed E-state index contributed by atoms with van der Waals surface area (Å²) in [5.74, 6) is 0.437. The molecule has 0 spiro atoms. The van der Waals surface area contributed by atoms with Crippen LogP contribution in [-0.2, 0) is 0 Å². The van der Waals surface area contributed by atoms with E-state index in [0.29, 0.717) is 12.5 Å². The topological polar surface area (TPSA) is 38.9 Å². The van der Waals surface area contributed by atoms with E-state index in [2.05, 4.69) is 53.4 Å². The molecule has 1 heterocycles. The molecule has 0 saturated heterocycles. The summed E-state index contributed by atoms with van der Waals surface area (Å²) in [6, 6.07) is 6.31. The second-order valence-corrected chi connectivity index (χ2v) is 6.29. The SMILES string of the molecule is Cc1ccc(Br)cc1-c1nc(C(C)CCN)cs1. The molecule has 1 aromatic heterocycles. The first-order valence-electron chi connectivity index (χ1n) is 6.04. The van der Waals surface area contributed by atoms with E-state index in [-0.39, 0.29) is 0 Å². The maximum Gasteiger partial charge on any atom is 0.123 e. The van der Waals surface area contributed by atoms with E-state index in [1.54, 1.807) is 11.3 Å². The molecular formula is C14H17BrN2S. The van der Waals surface area contributed by atoms with Gasteiger partial charge in [-0.2, -0.15) is 0 Å². The summed E-state index contributed by atoms with van der Waals surface area (Å²) in [6.07, 6.45) is 0.987. The summed E-state index contributed by atoms with van der Waals surface area (Å²) in [4.78, 5) is 4.74. The van der Waals surface area contributed by atoms with Gasteiger partial charge in [-0.3, -0.25) is 0 Å². The van der Waals surface area contributed by atoms with Crippen LogP contribution in [0.2, 0.25) is 0 Å². The number of nitrogens with zero attached hydrogens (tertiary/aromatic N) is 1. The molecule has 4 heteroatoms. The van der Waals surface area contributed by atoms with E-state index in [1.807, 2.05) is 0 Å². The minimum absolute atomic E-state index is 0.437. The minimum Gasteiger partial charge on any atom is -0.330 e. The molecule has 0 radical (unpaired) electrons. The number of halogens is 1. The van der Waals surface area contributed by atoms with Gasteiger partial charge < -0.3 is 5.73 Å². The molecule has 0 saturated carbocycles. The normalized spacial score (nSPS) is 12.7. The summed E-state index contributed by atoms with van der Waals surface area (Å²) in [5.41, 5.74) is 9.21. The Hall–Kier alpha value is -0.710. The summed E-state index contributed by atoms with van der Waals surface area (Å²) < 4.78 is 1.09. The van der Waals surface area contributed by atoms with Gasteiger partial charge in [0.05, 0.1) is 5.69 Å². The van der Waals surface area contributed by atoms with Gasteiger partial charge >= 0.3 is 0 Å². The third kappa shape index (κ3) is 2.99. The first kappa shape index (κ1) is 13.7. The van der Waals surface area contributed by atoms with Gasteiger partial charge in [-0.05, 0) is 37.6 Å². The molecule has 0 bridgehead atoms. The van der Waals surface area contributed by atoms with Crippen LogP contribution < -0.4 is 5.73 Å². The van der Waals surface area contributed by atoms with Gasteiger partial charge in [0.25, 0.3) is 0 Å². The fraction of sp³-hybridized carbons (Fsp3) is 0.357. The van der Waals surface area contributed by atoms with Crippen molar-refractivity contribution in [3.8, 4) is 10.6 Å². The zero-order valence-corrected chi connectivity index (χ0v) is 13.0. The molecule has 1 aromatic carbocycles. The second-order valence-electron chi connectivity index (χ2n) is 4.52. The largest absolute Gasteiger partial charge is 0.330 e. The predicted molar refractivity (Wildman–Crippen MR) is 82.1 cm³/mol. The maximum absolute atomic E-state index is 5.60. The van der Waals surface area contributed by atoms with Gasteiger partial charge in [0.15, 0.2) is 0 Å². The molecule has 0 amide bonds. The molecule has 96 valence electrons. The highest BCUT2D eigenvalue weighted by Gasteiger charge is 2.12. The molecule has 2 N–H and O–H groups in total. The molecule has 0 aliphatic heterocycles. The standard InChI is InChI=1S/C14H17BrN2S/c1-9-3-4-11(15)7-12(9)14-17-13(8-18-14)10(2)5-6-16/h3-4,7-8,10H,5-6,16H2,1-2H3. The molecule has 2 rings (SSSR count). The number of hydrogen-bond acceptors (Lipinski definition) is 3. The summed E-state index contributed by atoms with van der Waals surface area (Å²) >= 11 is 5.22. The summed E-state index contributed by atoms with van der Waals surface area (Å²) in [5, 5.41) is 3.24. The van der Waals surface area contributed by atoms with Crippen LogP contribution in [0, 0.1) is 6.92 Å². The highest BCUT2D eigenvalue weighted by Crippen LogP contribution is 2.31. The average molecular weight is 325 g/mol. The molecule has 2 nitrogen and oxygen atoms in total. The Morgan fingerprint density at radius 2 is 2.22 bits per heavy atom.